The standard InChI is InChI=1S/C21H24FN3O4.C2H6N2O/c1-29-20-17-13(19(26)14(21(27)28)9-25(17)12-4-5-12)7-15(22)18(20)24-8-11-3-2-6-23-16(11)10-24;1-2-5-4-3-1/h7,9,11-12,16,23H,2-6,8,10H2,1H3,(H,27,28);3-4H,1-2H2/t11-,16+;/m0./s1. The van der Waals surface area contributed by atoms with Crippen molar-refractivity contribution in [3.05, 3.63) is 33.9 Å². The Bertz CT molecular complexity index is 1130. The molecular formula is C23H30FN5O5. The number of benzene rings is 1. The SMILES string of the molecule is C1CONN1.COc1c(N2C[C@@H]3CCCN[C@@H]3C2)c(F)cc2c(=O)c(C(=O)O)cn(C3CC3)c12. The van der Waals surface area contributed by atoms with Crippen LogP contribution in [0.4, 0.5) is 10.1 Å². The zero-order valence-corrected chi connectivity index (χ0v) is 19.1. The Hall–Kier alpha value is -2.73. The Balaban J connectivity index is 0.000000429. The largest absolute Gasteiger partial charge is 0.492 e. The predicted molar refractivity (Wildman–Crippen MR) is 124 cm³/mol. The molecule has 1 aliphatic carbocycles. The van der Waals surface area contributed by atoms with Crippen molar-refractivity contribution in [1.82, 2.24) is 20.9 Å². The van der Waals surface area contributed by atoms with Crippen molar-refractivity contribution >= 4 is 22.6 Å². The van der Waals surface area contributed by atoms with Crippen molar-refractivity contribution < 1.29 is 23.9 Å². The third-order valence-electron chi connectivity index (χ3n) is 6.96. The van der Waals surface area contributed by atoms with Crippen molar-refractivity contribution in [2.24, 2.45) is 5.92 Å². The van der Waals surface area contributed by atoms with Crippen LogP contribution in [0.5, 0.6) is 5.75 Å². The van der Waals surface area contributed by atoms with Gasteiger partial charge in [-0.2, -0.15) is 0 Å². The van der Waals surface area contributed by atoms with E-state index in [0.29, 0.717) is 35.5 Å². The number of piperidine rings is 1. The van der Waals surface area contributed by atoms with E-state index in [1.807, 2.05) is 4.90 Å². The van der Waals surface area contributed by atoms with Gasteiger partial charge in [0.1, 0.15) is 11.3 Å². The third-order valence-corrected chi connectivity index (χ3v) is 6.96. The first-order chi connectivity index (χ1) is 16.5. The number of ether oxygens (including phenoxy) is 1. The van der Waals surface area contributed by atoms with Crippen LogP contribution in [0, 0.1) is 11.7 Å². The molecule has 3 aliphatic heterocycles. The number of anilines is 1. The van der Waals surface area contributed by atoms with Crippen LogP contribution in [0.25, 0.3) is 10.9 Å². The molecule has 34 heavy (non-hydrogen) atoms. The number of nitrogens with zero attached hydrogens (tertiary/aromatic N) is 2. The molecule has 1 aromatic carbocycles. The number of nitrogens with one attached hydrogen (secondary N) is 3. The van der Waals surface area contributed by atoms with Gasteiger partial charge in [0, 0.05) is 37.9 Å². The van der Waals surface area contributed by atoms with E-state index in [2.05, 4.69) is 21.2 Å². The number of aromatic carboxylic acids is 1. The monoisotopic (exact) mass is 475 g/mol. The van der Waals surface area contributed by atoms with Gasteiger partial charge in [0.05, 0.1) is 24.6 Å². The number of rotatable bonds is 4. The summed E-state index contributed by atoms with van der Waals surface area (Å²) in [7, 11) is 1.48. The Morgan fingerprint density at radius 2 is 2.09 bits per heavy atom. The highest BCUT2D eigenvalue weighted by atomic mass is 19.1. The molecule has 2 aromatic rings. The second kappa shape index (κ2) is 9.49. The van der Waals surface area contributed by atoms with Gasteiger partial charge in [-0.05, 0) is 44.2 Å². The van der Waals surface area contributed by atoms with Crippen molar-refractivity contribution in [3.8, 4) is 5.75 Å². The zero-order chi connectivity index (χ0) is 23.8. The van der Waals surface area contributed by atoms with Crippen LogP contribution in [-0.4, -0.2) is 61.6 Å². The van der Waals surface area contributed by atoms with E-state index in [1.165, 1.54) is 19.4 Å². The molecule has 10 nitrogen and oxygen atoms in total. The van der Waals surface area contributed by atoms with Crippen LogP contribution < -0.4 is 31.4 Å². The molecule has 11 heteroatoms. The number of pyridine rings is 1. The Morgan fingerprint density at radius 1 is 1.26 bits per heavy atom. The summed E-state index contributed by atoms with van der Waals surface area (Å²) in [5, 5.41) is 13.0. The highest BCUT2D eigenvalue weighted by Gasteiger charge is 2.38. The molecule has 3 saturated heterocycles. The number of carboxylic acids is 1. The summed E-state index contributed by atoms with van der Waals surface area (Å²) >= 11 is 0. The number of hydrogen-bond donors (Lipinski definition) is 4. The molecule has 4 heterocycles. The first kappa shape index (κ1) is 23.0. The van der Waals surface area contributed by atoms with E-state index in [4.69, 9.17) is 4.74 Å². The van der Waals surface area contributed by atoms with Crippen molar-refractivity contribution in [2.75, 3.05) is 44.8 Å². The highest BCUT2D eigenvalue weighted by Crippen LogP contribution is 2.45. The van der Waals surface area contributed by atoms with Gasteiger partial charge in [-0.15, -0.1) is 5.59 Å². The highest BCUT2D eigenvalue weighted by molar-refractivity contribution is 5.97. The molecule has 1 saturated carbocycles. The summed E-state index contributed by atoms with van der Waals surface area (Å²) in [5.74, 6) is -1.07. The fourth-order valence-corrected chi connectivity index (χ4v) is 5.21. The van der Waals surface area contributed by atoms with Crippen LogP contribution in [0.2, 0.25) is 0 Å². The van der Waals surface area contributed by atoms with Crippen LogP contribution in [0.3, 0.4) is 0 Å². The molecule has 4 fully saturated rings. The predicted octanol–water partition coefficient (Wildman–Crippen LogP) is 1.40. The van der Waals surface area contributed by atoms with Crippen molar-refractivity contribution in [1.29, 1.82) is 0 Å². The second-order valence-electron chi connectivity index (χ2n) is 9.20. The Labute approximate surface area is 195 Å². The van der Waals surface area contributed by atoms with Gasteiger partial charge in [-0.25, -0.2) is 14.6 Å². The van der Waals surface area contributed by atoms with Gasteiger partial charge in [0.2, 0.25) is 5.43 Å². The van der Waals surface area contributed by atoms with E-state index in [0.717, 1.165) is 51.9 Å². The lowest BCUT2D eigenvalue weighted by molar-refractivity contribution is 0.0694. The number of carboxylic acid groups (broad SMARTS) is 1. The van der Waals surface area contributed by atoms with Crippen molar-refractivity contribution in [2.45, 2.75) is 37.8 Å². The number of hydrogen-bond acceptors (Lipinski definition) is 8. The fourth-order valence-electron chi connectivity index (χ4n) is 5.21. The average molecular weight is 476 g/mol. The molecule has 184 valence electrons. The second-order valence-corrected chi connectivity index (χ2v) is 9.20. The number of fused-ring (bicyclic) bond motifs is 2. The molecule has 4 N–H and O–H groups in total. The normalized spacial score (nSPS) is 24.0. The maximum absolute atomic E-state index is 15.3. The number of hydrazine groups is 1. The molecule has 6 rings (SSSR count). The molecule has 0 bridgehead atoms. The van der Waals surface area contributed by atoms with E-state index in [1.54, 1.807) is 4.57 Å². The maximum atomic E-state index is 15.3. The maximum Gasteiger partial charge on any atom is 0.341 e. The minimum atomic E-state index is -1.30. The van der Waals surface area contributed by atoms with E-state index in [9.17, 15) is 14.7 Å². The van der Waals surface area contributed by atoms with E-state index in [-0.39, 0.29) is 17.0 Å². The van der Waals surface area contributed by atoms with E-state index >= 15 is 4.39 Å². The third kappa shape index (κ3) is 4.24. The topological polar surface area (TPSA) is 117 Å². The molecule has 4 aliphatic rings. The molecule has 2 atom stereocenters. The quantitative estimate of drug-likeness (QED) is 0.521. The van der Waals surface area contributed by atoms with Gasteiger partial charge >= 0.3 is 5.97 Å². The number of halogens is 1. The van der Waals surface area contributed by atoms with Crippen LogP contribution in [0.15, 0.2) is 17.1 Å². The first-order valence-electron chi connectivity index (χ1n) is 11.8. The smallest absolute Gasteiger partial charge is 0.341 e. The molecular weight excluding hydrogens is 445 g/mol. The molecule has 1 aromatic heterocycles. The first-order valence-corrected chi connectivity index (χ1v) is 11.8. The molecule has 0 spiro atoms. The average Bonchev–Trinajstić information content (AvgIpc) is 3.31. The van der Waals surface area contributed by atoms with Crippen LogP contribution >= 0.6 is 0 Å². The Kier molecular flexibility index (Phi) is 6.43. The summed E-state index contributed by atoms with van der Waals surface area (Å²) in [6.07, 6.45) is 5.40. The van der Waals surface area contributed by atoms with Gasteiger partial charge < -0.3 is 24.6 Å². The van der Waals surface area contributed by atoms with Crippen LogP contribution in [0.1, 0.15) is 42.1 Å². The minimum Gasteiger partial charge on any atom is -0.492 e. The lowest BCUT2D eigenvalue weighted by Crippen LogP contribution is -2.40. The number of methoxy groups -OCH3 is 1. The summed E-state index contributed by atoms with van der Waals surface area (Å²) in [6, 6.07) is 1.62. The molecule has 0 amide bonds. The van der Waals surface area contributed by atoms with Crippen molar-refractivity contribution in [3.63, 3.8) is 0 Å². The summed E-state index contributed by atoms with van der Waals surface area (Å²) in [6.45, 7) is 4.09. The summed E-state index contributed by atoms with van der Waals surface area (Å²) in [4.78, 5) is 30.9. The summed E-state index contributed by atoms with van der Waals surface area (Å²) < 4.78 is 22.8. The van der Waals surface area contributed by atoms with Gasteiger partial charge in [0.15, 0.2) is 11.6 Å². The van der Waals surface area contributed by atoms with Gasteiger partial charge in [0.25, 0.3) is 0 Å². The zero-order valence-electron chi connectivity index (χ0n) is 19.1. The summed E-state index contributed by atoms with van der Waals surface area (Å²) in [5.41, 5.74) is 5.07. The lowest BCUT2D eigenvalue weighted by atomic mass is 9.94. The van der Waals surface area contributed by atoms with Gasteiger partial charge in [-0.1, -0.05) is 0 Å². The van der Waals surface area contributed by atoms with Crippen LogP contribution in [-0.2, 0) is 4.84 Å². The van der Waals surface area contributed by atoms with Gasteiger partial charge in [-0.3, -0.25) is 9.63 Å². The fraction of sp³-hybridized carbons (Fsp3) is 0.565. The number of carbonyl (C=O) groups is 1. The minimum absolute atomic E-state index is 0.0599. The molecule has 0 unspecified atom stereocenters. The van der Waals surface area contributed by atoms with E-state index < -0.39 is 17.2 Å². The molecule has 0 radical (unpaired) electrons. The lowest BCUT2D eigenvalue weighted by Gasteiger charge is -2.25. The number of aromatic nitrogens is 1. The Morgan fingerprint density at radius 3 is 2.68 bits per heavy atom.